The molecule has 1 fully saturated rings. The van der Waals surface area contributed by atoms with E-state index in [-0.39, 0.29) is 24.2 Å². The highest BCUT2D eigenvalue weighted by Gasteiger charge is 2.43. The topological polar surface area (TPSA) is 125 Å². The second-order valence-corrected chi connectivity index (χ2v) is 12.7. The third-order valence-corrected chi connectivity index (χ3v) is 8.46. The normalized spacial score (nSPS) is 21.4. The van der Waals surface area contributed by atoms with Crippen LogP contribution in [-0.2, 0) is 23.8 Å². The van der Waals surface area contributed by atoms with Gasteiger partial charge < -0.3 is 24.3 Å². The highest BCUT2D eigenvalue weighted by atomic mass is 32.1. The number of aromatic nitrogens is 1. The van der Waals surface area contributed by atoms with Crippen molar-refractivity contribution in [1.82, 2.24) is 10.3 Å². The molecule has 0 saturated carbocycles. The van der Waals surface area contributed by atoms with E-state index < -0.39 is 23.6 Å². The molecule has 10 nitrogen and oxygen atoms in total. The molecule has 0 radical (unpaired) electrons. The second kappa shape index (κ2) is 12.3. The zero-order valence-electron chi connectivity index (χ0n) is 24.6. The van der Waals surface area contributed by atoms with Gasteiger partial charge in [-0.3, -0.25) is 10.1 Å². The number of amides is 1. The van der Waals surface area contributed by atoms with Gasteiger partial charge in [0.1, 0.15) is 17.5 Å². The zero-order chi connectivity index (χ0) is 30.0. The minimum atomic E-state index is -0.689. The molecule has 42 heavy (non-hydrogen) atoms. The maximum Gasteiger partial charge on any atom is 0.413 e. The number of nitrogens with one attached hydrogen (secondary N) is 2. The van der Waals surface area contributed by atoms with Crippen LogP contribution in [0.1, 0.15) is 75.7 Å². The van der Waals surface area contributed by atoms with Crippen LogP contribution in [-0.4, -0.2) is 54.9 Å². The van der Waals surface area contributed by atoms with Crippen LogP contribution in [0.25, 0.3) is 0 Å². The number of methoxy groups -OCH3 is 1. The number of ether oxygens (including phenoxy) is 4. The van der Waals surface area contributed by atoms with E-state index in [1.54, 1.807) is 34.1 Å². The molecular weight excluding hydrogens is 558 g/mol. The number of nitrogens with zero attached hydrogens (tertiary/aromatic N) is 1. The van der Waals surface area contributed by atoms with Crippen molar-refractivity contribution in [3.63, 3.8) is 0 Å². The maximum absolute atomic E-state index is 14.0. The highest BCUT2D eigenvalue weighted by Crippen LogP contribution is 2.48. The van der Waals surface area contributed by atoms with Gasteiger partial charge in [-0.2, -0.15) is 0 Å². The van der Waals surface area contributed by atoms with Crippen LogP contribution in [0.5, 0.6) is 5.75 Å². The van der Waals surface area contributed by atoms with Crippen LogP contribution in [0, 0.1) is 0 Å². The summed E-state index contributed by atoms with van der Waals surface area (Å²) in [6.45, 7) is 8.23. The van der Waals surface area contributed by atoms with Crippen molar-refractivity contribution < 1.29 is 33.3 Å². The number of hydrogen-bond acceptors (Lipinski definition) is 10. The average molecular weight is 596 g/mol. The first-order valence-corrected chi connectivity index (χ1v) is 15.0. The Bertz CT molecular complexity index is 1430. The number of thiazole rings is 1. The van der Waals surface area contributed by atoms with Crippen LogP contribution in [0.15, 0.2) is 53.0 Å². The monoisotopic (exact) mass is 595 g/mol. The molecule has 1 aromatic heterocycles. The third-order valence-electron chi connectivity index (χ3n) is 7.48. The summed E-state index contributed by atoms with van der Waals surface area (Å²) in [5, 5.41) is 6.37. The van der Waals surface area contributed by atoms with Gasteiger partial charge >= 0.3 is 12.1 Å². The molecule has 1 saturated heterocycles. The summed E-state index contributed by atoms with van der Waals surface area (Å²) >= 11 is 1.20. The van der Waals surface area contributed by atoms with Crippen LogP contribution < -0.4 is 15.4 Å². The Hall–Kier alpha value is -3.70. The molecule has 0 bridgehead atoms. The summed E-state index contributed by atoms with van der Waals surface area (Å²) in [4.78, 5) is 45.2. The summed E-state index contributed by atoms with van der Waals surface area (Å²) in [5.41, 5.74) is 2.58. The lowest BCUT2D eigenvalue weighted by Gasteiger charge is -2.36. The molecule has 224 valence electrons. The molecule has 2 unspecified atom stereocenters. The van der Waals surface area contributed by atoms with E-state index in [9.17, 15) is 14.4 Å². The van der Waals surface area contributed by atoms with E-state index in [2.05, 4.69) is 15.6 Å². The lowest BCUT2D eigenvalue weighted by molar-refractivity contribution is -0.148. The number of para-hydroxylation sites is 1. The van der Waals surface area contributed by atoms with Gasteiger partial charge in [0.15, 0.2) is 10.9 Å². The molecule has 11 heteroatoms. The van der Waals surface area contributed by atoms with Gasteiger partial charge in [0.2, 0.25) is 0 Å². The minimum Gasteiger partial charge on any atom is -0.496 e. The van der Waals surface area contributed by atoms with Crippen LogP contribution in [0.4, 0.5) is 9.93 Å². The Kier molecular flexibility index (Phi) is 8.70. The van der Waals surface area contributed by atoms with Gasteiger partial charge in [0.05, 0.1) is 31.8 Å². The van der Waals surface area contributed by atoms with Gasteiger partial charge in [-0.1, -0.05) is 18.2 Å². The second-order valence-electron chi connectivity index (χ2n) is 11.7. The minimum absolute atomic E-state index is 0.0661. The number of allylic oxidation sites excluding steroid dienone is 3. The van der Waals surface area contributed by atoms with E-state index in [4.69, 9.17) is 18.9 Å². The number of rotatable bonds is 6. The smallest absolute Gasteiger partial charge is 0.413 e. The molecule has 1 amide bonds. The fourth-order valence-corrected chi connectivity index (χ4v) is 6.62. The molecule has 1 aliphatic carbocycles. The molecule has 2 aliphatic heterocycles. The molecule has 0 spiro atoms. The summed E-state index contributed by atoms with van der Waals surface area (Å²) in [6.07, 6.45) is 2.78. The van der Waals surface area contributed by atoms with Crippen molar-refractivity contribution in [2.45, 2.75) is 76.9 Å². The summed E-state index contributed by atoms with van der Waals surface area (Å²) < 4.78 is 22.3. The Morgan fingerprint density at radius 3 is 2.60 bits per heavy atom. The van der Waals surface area contributed by atoms with Crippen molar-refractivity contribution in [3.8, 4) is 5.75 Å². The maximum atomic E-state index is 14.0. The van der Waals surface area contributed by atoms with Crippen molar-refractivity contribution in [1.29, 1.82) is 0 Å². The van der Waals surface area contributed by atoms with Gasteiger partial charge in [-0.15, -0.1) is 11.3 Å². The van der Waals surface area contributed by atoms with E-state index in [0.717, 1.165) is 17.0 Å². The van der Waals surface area contributed by atoms with Crippen molar-refractivity contribution in [3.05, 3.63) is 63.4 Å². The Balaban J connectivity index is 1.50. The van der Waals surface area contributed by atoms with E-state index in [1.165, 1.54) is 11.3 Å². The molecule has 2 N–H and O–H groups in total. The van der Waals surface area contributed by atoms with Crippen LogP contribution >= 0.6 is 11.3 Å². The molecule has 1 aromatic carbocycles. The highest BCUT2D eigenvalue weighted by molar-refractivity contribution is 7.15. The number of esters is 1. The fourth-order valence-electron chi connectivity index (χ4n) is 5.70. The van der Waals surface area contributed by atoms with Crippen molar-refractivity contribution in [2.75, 3.05) is 25.6 Å². The first kappa shape index (κ1) is 29.8. The SMILES string of the molecule is COc1ccccc1C1CC(=O)C2=C(C1)NC(C)=C(C(=O)OC1CCOCC1)C2c1cnc(NC(=O)OC(C)(C)C)s1. The van der Waals surface area contributed by atoms with E-state index in [0.29, 0.717) is 59.3 Å². The molecule has 3 aliphatic rings. The standard InChI is InChI=1S/C31H37N3O7S/c1-17-25(28(36)40-19-10-12-39-13-11-19)27(24-16-32-29(42-24)34-30(37)41-31(2,3)4)26-21(33-17)14-18(15-22(26)35)20-8-6-7-9-23(20)38-5/h6-9,16,18-19,27,33H,10-15H2,1-5H3,(H,32,34,37). The molecule has 5 rings (SSSR count). The van der Waals surface area contributed by atoms with Gasteiger partial charge in [-0.25, -0.2) is 14.6 Å². The summed E-state index contributed by atoms with van der Waals surface area (Å²) in [5.74, 6) is -0.580. The number of hydrogen-bond donors (Lipinski definition) is 2. The Morgan fingerprint density at radius 1 is 1.14 bits per heavy atom. The average Bonchev–Trinajstić information content (AvgIpc) is 3.39. The number of Topliss-reactive ketones (excluding diaryl/α,β-unsaturated/α-hetero) is 1. The molecular formula is C31H37N3O7S. The van der Waals surface area contributed by atoms with Crippen LogP contribution in [0.3, 0.4) is 0 Å². The van der Waals surface area contributed by atoms with Gasteiger partial charge in [0, 0.05) is 53.2 Å². The predicted molar refractivity (Wildman–Crippen MR) is 157 cm³/mol. The first-order valence-electron chi connectivity index (χ1n) is 14.2. The van der Waals surface area contributed by atoms with Crippen LogP contribution in [0.2, 0.25) is 0 Å². The number of benzene rings is 1. The Labute approximate surface area is 249 Å². The van der Waals surface area contributed by atoms with Gasteiger partial charge in [-0.05, 0) is 45.7 Å². The lowest BCUT2D eigenvalue weighted by Crippen LogP contribution is -2.37. The van der Waals surface area contributed by atoms with E-state index >= 15 is 0 Å². The number of carbonyl (C=O) groups excluding carboxylic acids is 3. The largest absolute Gasteiger partial charge is 0.496 e. The number of anilines is 1. The number of ketones is 1. The Morgan fingerprint density at radius 2 is 1.88 bits per heavy atom. The molecule has 2 atom stereocenters. The summed E-state index contributed by atoms with van der Waals surface area (Å²) in [6, 6.07) is 7.73. The van der Waals surface area contributed by atoms with E-state index in [1.807, 2.05) is 31.2 Å². The third kappa shape index (κ3) is 6.52. The number of carbonyl (C=O) groups is 3. The quantitative estimate of drug-likeness (QED) is 0.412. The van der Waals surface area contributed by atoms with Gasteiger partial charge in [0.25, 0.3) is 0 Å². The van der Waals surface area contributed by atoms with Crippen molar-refractivity contribution >= 4 is 34.3 Å². The molecule has 3 heterocycles. The lowest BCUT2D eigenvalue weighted by atomic mass is 9.73. The van der Waals surface area contributed by atoms with Crippen molar-refractivity contribution in [2.24, 2.45) is 0 Å². The number of dihydropyridines is 1. The molecule has 2 aromatic rings. The zero-order valence-corrected chi connectivity index (χ0v) is 25.4. The predicted octanol–water partition coefficient (Wildman–Crippen LogP) is 5.58. The fraction of sp³-hybridized carbons (Fsp3) is 0.484. The first-order chi connectivity index (χ1) is 20.0. The summed E-state index contributed by atoms with van der Waals surface area (Å²) in [7, 11) is 1.62.